The van der Waals surface area contributed by atoms with Gasteiger partial charge in [0.2, 0.25) is 8.32 Å². The summed E-state index contributed by atoms with van der Waals surface area (Å²) in [6.45, 7) is 7.24. The van der Waals surface area contributed by atoms with Crippen LogP contribution in [0.5, 0.6) is 0 Å². The Labute approximate surface area is 99.6 Å². The van der Waals surface area contributed by atoms with Crippen molar-refractivity contribution in [3.05, 3.63) is 53.7 Å². The largest absolute Gasteiger partial charge is 0.414 e. The topological polar surface area (TPSA) is 9.23 Å². The molecule has 0 aliphatic heterocycles. The SMILES string of the molecule is CCO[Si](C)(C)/C=C/C=C/c1ccccc1. The first-order chi connectivity index (χ1) is 7.64. The van der Waals surface area contributed by atoms with Crippen molar-refractivity contribution in [1.29, 1.82) is 0 Å². The molecule has 0 heterocycles. The summed E-state index contributed by atoms with van der Waals surface area (Å²) in [5, 5.41) is 0. The first kappa shape index (κ1) is 12.9. The van der Waals surface area contributed by atoms with Gasteiger partial charge in [-0.15, -0.1) is 0 Å². The number of allylic oxidation sites excluding steroid dienone is 2. The van der Waals surface area contributed by atoms with Gasteiger partial charge in [0.1, 0.15) is 0 Å². The van der Waals surface area contributed by atoms with Crippen LogP contribution in [0.25, 0.3) is 6.08 Å². The van der Waals surface area contributed by atoms with Crippen LogP contribution < -0.4 is 0 Å². The van der Waals surface area contributed by atoms with Crippen molar-refractivity contribution in [2.75, 3.05) is 6.61 Å². The molecule has 0 amide bonds. The average molecular weight is 232 g/mol. The Hall–Kier alpha value is -1.12. The van der Waals surface area contributed by atoms with Gasteiger partial charge in [-0.3, -0.25) is 0 Å². The molecule has 0 aliphatic carbocycles. The standard InChI is InChI=1S/C14H20OSi/c1-4-15-16(2,3)13-9-8-12-14-10-6-5-7-11-14/h5-13H,4H2,1-3H3/b12-8+,13-9+. The second kappa shape index (κ2) is 6.46. The molecule has 0 unspecified atom stereocenters. The monoisotopic (exact) mass is 232 g/mol. The van der Waals surface area contributed by atoms with Crippen LogP contribution in [0, 0.1) is 0 Å². The Balaban J connectivity index is 2.51. The molecule has 0 saturated heterocycles. The molecule has 1 aromatic rings. The second-order valence-corrected chi connectivity index (χ2v) is 7.99. The van der Waals surface area contributed by atoms with E-state index in [2.05, 4.69) is 49.2 Å². The molecular weight excluding hydrogens is 212 g/mol. The van der Waals surface area contributed by atoms with Gasteiger partial charge in [-0.25, -0.2) is 0 Å². The first-order valence-electron chi connectivity index (χ1n) is 5.69. The Bertz CT molecular complexity index is 352. The number of rotatable bonds is 5. The minimum atomic E-state index is -1.57. The molecule has 0 bridgehead atoms. The minimum absolute atomic E-state index is 0.798. The van der Waals surface area contributed by atoms with Gasteiger partial charge in [0.15, 0.2) is 0 Å². The summed E-state index contributed by atoms with van der Waals surface area (Å²) < 4.78 is 5.70. The number of benzene rings is 1. The van der Waals surface area contributed by atoms with E-state index in [9.17, 15) is 0 Å². The molecule has 0 aromatic heterocycles. The normalized spacial score (nSPS) is 12.7. The fourth-order valence-electron chi connectivity index (χ4n) is 1.44. The zero-order chi connectivity index (χ0) is 11.9. The second-order valence-electron chi connectivity index (χ2n) is 4.17. The number of hydrogen-bond donors (Lipinski definition) is 0. The smallest absolute Gasteiger partial charge is 0.210 e. The van der Waals surface area contributed by atoms with Crippen LogP contribution in [-0.4, -0.2) is 14.9 Å². The lowest BCUT2D eigenvalue weighted by molar-refractivity contribution is 0.338. The Kier molecular flexibility index (Phi) is 5.22. The van der Waals surface area contributed by atoms with E-state index in [0.29, 0.717) is 0 Å². The quantitative estimate of drug-likeness (QED) is 0.550. The lowest BCUT2D eigenvalue weighted by atomic mass is 10.2. The van der Waals surface area contributed by atoms with E-state index in [1.165, 1.54) is 5.56 Å². The van der Waals surface area contributed by atoms with Gasteiger partial charge < -0.3 is 4.43 Å². The van der Waals surface area contributed by atoms with Crippen LogP contribution in [0.3, 0.4) is 0 Å². The van der Waals surface area contributed by atoms with E-state index < -0.39 is 8.32 Å². The van der Waals surface area contributed by atoms with Crippen molar-refractivity contribution in [2.24, 2.45) is 0 Å². The van der Waals surface area contributed by atoms with Crippen molar-refractivity contribution in [2.45, 2.75) is 20.0 Å². The summed E-state index contributed by atoms with van der Waals surface area (Å²) in [5.41, 5.74) is 3.43. The highest BCUT2D eigenvalue weighted by Gasteiger charge is 2.16. The molecule has 0 aliphatic rings. The maximum Gasteiger partial charge on any atom is 0.210 e. The van der Waals surface area contributed by atoms with E-state index in [-0.39, 0.29) is 0 Å². The molecule has 0 saturated carbocycles. The third-order valence-electron chi connectivity index (χ3n) is 2.21. The third-order valence-corrected chi connectivity index (χ3v) is 4.24. The van der Waals surface area contributed by atoms with Gasteiger partial charge >= 0.3 is 0 Å². The zero-order valence-corrected chi connectivity index (χ0v) is 11.3. The molecule has 0 radical (unpaired) electrons. The Morgan fingerprint density at radius 1 is 1.12 bits per heavy atom. The van der Waals surface area contributed by atoms with Crippen molar-refractivity contribution in [3.8, 4) is 0 Å². The van der Waals surface area contributed by atoms with Crippen LogP contribution in [0.1, 0.15) is 12.5 Å². The van der Waals surface area contributed by atoms with Crippen LogP contribution >= 0.6 is 0 Å². The highest BCUT2D eigenvalue weighted by atomic mass is 28.4. The molecule has 1 rings (SSSR count). The van der Waals surface area contributed by atoms with Gasteiger partial charge in [-0.1, -0.05) is 54.3 Å². The van der Waals surface area contributed by atoms with Crippen LogP contribution in [0.15, 0.2) is 48.2 Å². The maximum atomic E-state index is 5.70. The molecule has 1 aromatic carbocycles. The van der Waals surface area contributed by atoms with E-state index in [1.807, 2.05) is 25.1 Å². The Morgan fingerprint density at radius 3 is 2.44 bits per heavy atom. The van der Waals surface area contributed by atoms with Gasteiger partial charge in [-0.2, -0.15) is 0 Å². The van der Waals surface area contributed by atoms with E-state index in [0.717, 1.165) is 6.61 Å². The van der Waals surface area contributed by atoms with Gasteiger partial charge in [0.25, 0.3) is 0 Å². The predicted octanol–water partition coefficient (Wildman–Crippen LogP) is 4.04. The van der Waals surface area contributed by atoms with Crippen molar-refractivity contribution in [1.82, 2.24) is 0 Å². The minimum Gasteiger partial charge on any atom is -0.414 e. The molecule has 0 N–H and O–H groups in total. The molecule has 1 nitrogen and oxygen atoms in total. The molecule has 0 atom stereocenters. The summed E-state index contributed by atoms with van der Waals surface area (Å²) in [6.07, 6.45) is 6.27. The summed E-state index contributed by atoms with van der Waals surface area (Å²) >= 11 is 0. The molecule has 0 spiro atoms. The van der Waals surface area contributed by atoms with Crippen LogP contribution in [0.4, 0.5) is 0 Å². The first-order valence-corrected chi connectivity index (χ1v) is 8.67. The molecule has 0 fully saturated rings. The summed E-state index contributed by atoms with van der Waals surface area (Å²) in [4.78, 5) is 0. The number of hydrogen-bond acceptors (Lipinski definition) is 1. The van der Waals surface area contributed by atoms with E-state index in [4.69, 9.17) is 4.43 Å². The molecule has 16 heavy (non-hydrogen) atoms. The van der Waals surface area contributed by atoms with Crippen LogP contribution in [0.2, 0.25) is 13.1 Å². The highest BCUT2D eigenvalue weighted by molar-refractivity contribution is 6.76. The van der Waals surface area contributed by atoms with E-state index >= 15 is 0 Å². The van der Waals surface area contributed by atoms with Gasteiger partial charge in [0, 0.05) is 6.61 Å². The molecule has 2 heteroatoms. The van der Waals surface area contributed by atoms with E-state index in [1.54, 1.807) is 0 Å². The third kappa shape index (κ3) is 5.10. The van der Waals surface area contributed by atoms with Gasteiger partial charge in [0.05, 0.1) is 0 Å². The van der Waals surface area contributed by atoms with Crippen molar-refractivity contribution < 1.29 is 4.43 Å². The molecule has 86 valence electrons. The predicted molar refractivity (Wildman–Crippen MR) is 73.7 cm³/mol. The van der Waals surface area contributed by atoms with Gasteiger partial charge in [-0.05, 0) is 25.6 Å². The lowest BCUT2D eigenvalue weighted by Crippen LogP contribution is -2.27. The summed E-state index contributed by atoms with van der Waals surface area (Å²) in [5.74, 6) is 0. The summed E-state index contributed by atoms with van der Waals surface area (Å²) in [6, 6.07) is 10.3. The highest BCUT2D eigenvalue weighted by Crippen LogP contribution is 2.06. The summed E-state index contributed by atoms with van der Waals surface area (Å²) in [7, 11) is -1.57. The fraction of sp³-hybridized carbons (Fsp3) is 0.286. The zero-order valence-electron chi connectivity index (χ0n) is 10.3. The lowest BCUT2D eigenvalue weighted by Gasteiger charge is -2.16. The molecular formula is C14H20OSi. The van der Waals surface area contributed by atoms with Crippen LogP contribution in [-0.2, 0) is 4.43 Å². The fourth-order valence-corrected chi connectivity index (χ4v) is 2.85. The van der Waals surface area contributed by atoms with Crippen molar-refractivity contribution in [3.63, 3.8) is 0 Å². The average Bonchev–Trinajstić information content (AvgIpc) is 2.26. The maximum absolute atomic E-state index is 5.70. The Morgan fingerprint density at radius 2 is 1.81 bits per heavy atom. The van der Waals surface area contributed by atoms with Crippen molar-refractivity contribution >= 4 is 14.4 Å².